The molecule has 0 saturated heterocycles. The van der Waals surface area contributed by atoms with Gasteiger partial charge in [0, 0.05) is 30.6 Å². The Balaban J connectivity index is 4.07. The van der Waals surface area contributed by atoms with Crippen molar-refractivity contribution >= 4 is 29.6 Å². The summed E-state index contributed by atoms with van der Waals surface area (Å²) in [4.78, 5) is 14.7. The van der Waals surface area contributed by atoms with Crippen molar-refractivity contribution in [2.45, 2.75) is 161 Å². The average Bonchev–Trinajstić information content (AvgIpc) is 2.96. The van der Waals surface area contributed by atoms with Crippen molar-refractivity contribution in [2.24, 2.45) is 0 Å². The van der Waals surface area contributed by atoms with Gasteiger partial charge in [-0.2, -0.15) is 23.5 Å². The van der Waals surface area contributed by atoms with Gasteiger partial charge in [-0.15, -0.1) is 0 Å². The fraction of sp³-hybridized carbons (Fsp3) is 0.971. The maximum Gasteiger partial charge on any atom is 0.314 e. The molecule has 0 aliphatic heterocycles. The van der Waals surface area contributed by atoms with Crippen LogP contribution in [-0.2, 0) is 0 Å². The van der Waals surface area contributed by atoms with Crippen LogP contribution in [0.1, 0.15) is 156 Å². The molecule has 0 saturated carbocycles. The van der Waals surface area contributed by atoms with Crippen LogP contribution in [0.15, 0.2) is 0 Å². The highest BCUT2D eigenvalue weighted by Crippen LogP contribution is 2.20. The molecule has 2 N–H and O–H groups in total. The van der Waals surface area contributed by atoms with E-state index in [9.17, 15) is 4.79 Å². The summed E-state index contributed by atoms with van der Waals surface area (Å²) in [7, 11) is 0. The molecule has 0 aromatic heterocycles. The molecule has 0 spiro atoms. The van der Waals surface area contributed by atoms with Crippen LogP contribution in [0, 0.1) is 0 Å². The van der Waals surface area contributed by atoms with E-state index in [1.165, 1.54) is 140 Å². The van der Waals surface area contributed by atoms with Crippen molar-refractivity contribution in [1.29, 1.82) is 0 Å². The molecule has 0 aromatic rings. The van der Waals surface area contributed by atoms with Gasteiger partial charge in [-0.25, -0.2) is 4.79 Å². The van der Waals surface area contributed by atoms with E-state index in [0.29, 0.717) is 5.25 Å². The third-order valence-corrected chi connectivity index (χ3v) is 10.7. The number of thioether (sulfide) groups is 2. The molecule has 40 heavy (non-hydrogen) atoms. The second kappa shape index (κ2) is 33.4. The van der Waals surface area contributed by atoms with Crippen LogP contribution in [-0.4, -0.2) is 66.2 Å². The summed E-state index contributed by atoms with van der Waals surface area (Å²) in [5.41, 5.74) is 0. The second-order valence-electron chi connectivity index (χ2n) is 11.6. The molecule has 1 atom stereocenters. The second-order valence-corrected chi connectivity index (χ2v) is 14.2. The number of nitrogens with one attached hydrogen (secondary N) is 2. The molecule has 2 amide bonds. The molecule has 0 rings (SSSR count). The molecule has 1 unspecified atom stereocenters. The van der Waals surface area contributed by atoms with Crippen LogP contribution in [0.3, 0.4) is 0 Å². The molecule has 240 valence electrons. The molecule has 0 aliphatic carbocycles. The highest BCUT2D eigenvalue weighted by molar-refractivity contribution is 8.03. The van der Waals surface area contributed by atoms with Gasteiger partial charge >= 0.3 is 6.03 Å². The normalized spacial score (nSPS) is 12.2. The van der Waals surface area contributed by atoms with E-state index >= 15 is 0 Å². The first-order valence-electron chi connectivity index (χ1n) is 17.6. The van der Waals surface area contributed by atoms with Gasteiger partial charge in [0.2, 0.25) is 0 Å². The zero-order chi connectivity index (χ0) is 29.4. The summed E-state index contributed by atoms with van der Waals surface area (Å²) in [5, 5.41) is 6.74. The van der Waals surface area contributed by atoms with Crippen molar-refractivity contribution in [2.75, 3.05) is 50.0 Å². The van der Waals surface area contributed by atoms with E-state index in [0.717, 1.165) is 38.5 Å². The molecular weight excluding hydrogens is 531 g/mol. The van der Waals surface area contributed by atoms with E-state index in [-0.39, 0.29) is 6.03 Å². The molecule has 0 bridgehead atoms. The highest BCUT2D eigenvalue weighted by atomic mass is 32.2. The summed E-state index contributed by atoms with van der Waals surface area (Å²) in [6, 6.07) is -0.00335. The summed E-state index contributed by atoms with van der Waals surface area (Å²) < 4.78 is 0. The quantitative estimate of drug-likeness (QED) is 0.0753. The Kier molecular flexibility index (Phi) is 33.4. The lowest BCUT2D eigenvalue weighted by molar-refractivity contribution is 0.237. The maximum absolute atomic E-state index is 12.4. The van der Waals surface area contributed by atoms with Crippen molar-refractivity contribution < 1.29 is 4.79 Å². The highest BCUT2D eigenvalue weighted by Gasteiger charge is 2.12. The standard InChI is InChI=1S/C34H71N3OS2/c1-5-9-11-13-15-17-19-21-23-25-29-39-32-33(31-36-34(38)35-27-28-37(7-3)8-4)40-30-26-24-22-20-18-16-14-12-10-6-2/h33H,5-32H2,1-4H3,(H2,35,36,38). The summed E-state index contributed by atoms with van der Waals surface area (Å²) in [6.45, 7) is 13.4. The van der Waals surface area contributed by atoms with Crippen LogP contribution < -0.4 is 10.6 Å². The summed E-state index contributed by atoms with van der Waals surface area (Å²) >= 11 is 4.19. The van der Waals surface area contributed by atoms with E-state index in [1.807, 2.05) is 0 Å². The molecular formula is C34H71N3OS2. The van der Waals surface area contributed by atoms with E-state index in [2.05, 4.69) is 66.8 Å². The Bertz CT molecular complexity index is 506. The lowest BCUT2D eigenvalue weighted by Crippen LogP contribution is -2.42. The minimum absolute atomic E-state index is 0.00335. The maximum atomic E-state index is 12.4. The predicted octanol–water partition coefficient (Wildman–Crippen LogP) is 10.3. The van der Waals surface area contributed by atoms with Crippen molar-refractivity contribution in [3.8, 4) is 0 Å². The van der Waals surface area contributed by atoms with Crippen molar-refractivity contribution in [1.82, 2.24) is 15.5 Å². The topological polar surface area (TPSA) is 44.4 Å². The van der Waals surface area contributed by atoms with E-state index < -0.39 is 0 Å². The summed E-state index contributed by atoms with van der Waals surface area (Å²) in [6.07, 6.45) is 27.9. The number of nitrogens with zero attached hydrogens (tertiary/aromatic N) is 1. The first-order chi connectivity index (χ1) is 19.7. The van der Waals surface area contributed by atoms with Gasteiger partial charge in [-0.1, -0.05) is 143 Å². The van der Waals surface area contributed by atoms with Crippen molar-refractivity contribution in [3.05, 3.63) is 0 Å². The number of rotatable bonds is 32. The zero-order valence-electron chi connectivity index (χ0n) is 27.5. The number of amides is 2. The Morgan fingerprint density at radius 2 is 1.05 bits per heavy atom. The van der Waals surface area contributed by atoms with Crippen LogP contribution in [0.4, 0.5) is 4.79 Å². The Labute approximate surface area is 260 Å². The minimum atomic E-state index is -0.00335. The molecule has 4 nitrogen and oxygen atoms in total. The number of carbonyl (C=O) groups excluding carboxylic acids is 1. The number of urea groups is 1. The largest absolute Gasteiger partial charge is 0.337 e. The lowest BCUT2D eigenvalue weighted by Gasteiger charge is -2.19. The Hall–Kier alpha value is -0.0700. The van der Waals surface area contributed by atoms with Crippen LogP contribution in [0.25, 0.3) is 0 Å². The van der Waals surface area contributed by atoms with Crippen molar-refractivity contribution in [3.63, 3.8) is 0 Å². The van der Waals surface area contributed by atoms with Gasteiger partial charge in [-0.3, -0.25) is 0 Å². The number of unbranched alkanes of at least 4 members (excludes halogenated alkanes) is 18. The number of likely N-dealkylation sites (N-methyl/N-ethyl adjacent to an activating group) is 1. The molecule has 0 radical (unpaired) electrons. The molecule has 0 aliphatic rings. The fourth-order valence-corrected chi connectivity index (χ4v) is 7.58. The monoisotopic (exact) mass is 602 g/mol. The third-order valence-electron chi connectivity index (χ3n) is 7.90. The minimum Gasteiger partial charge on any atom is -0.337 e. The van der Waals surface area contributed by atoms with Gasteiger partial charge in [-0.05, 0) is 37.4 Å². The third kappa shape index (κ3) is 29.4. The SMILES string of the molecule is CCCCCCCCCCCCSCC(CNC(=O)NCCN(CC)CC)SCCCCCCCCCCCC. The first-order valence-corrected chi connectivity index (χ1v) is 19.8. The number of carbonyl (C=O) groups is 1. The Morgan fingerprint density at radius 3 is 1.52 bits per heavy atom. The van der Waals surface area contributed by atoms with Gasteiger partial charge in [0.05, 0.1) is 0 Å². The Morgan fingerprint density at radius 1 is 0.600 bits per heavy atom. The first kappa shape index (κ1) is 39.9. The molecule has 0 heterocycles. The zero-order valence-corrected chi connectivity index (χ0v) is 29.2. The number of hydrogen-bond donors (Lipinski definition) is 2. The molecule has 0 fully saturated rings. The van der Waals surface area contributed by atoms with Gasteiger partial charge in [0.1, 0.15) is 0 Å². The number of hydrogen-bond acceptors (Lipinski definition) is 4. The summed E-state index contributed by atoms with van der Waals surface area (Å²) in [5.74, 6) is 3.65. The van der Waals surface area contributed by atoms with E-state index in [4.69, 9.17) is 0 Å². The lowest BCUT2D eigenvalue weighted by atomic mass is 10.1. The molecule has 6 heteroatoms. The van der Waals surface area contributed by atoms with Crippen LogP contribution in [0.2, 0.25) is 0 Å². The average molecular weight is 602 g/mol. The van der Waals surface area contributed by atoms with Gasteiger partial charge in [0.15, 0.2) is 0 Å². The molecule has 0 aromatic carbocycles. The fourth-order valence-electron chi connectivity index (χ4n) is 5.05. The smallest absolute Gasteiger partial charge is 0.314 e. The van der Waals surface area contributed by atoms with Gasteiger partial charge < -0.3 is 15.5 Å². The van der Waals surface area contributed by atoms with E-state index in [1.54, 1.807) is 0 Å². The predicted molar refractivity (Wildman–Crippen MR) is 186 cm³/mol. The van der Waals surface area contributed by atoms with Gasteiger partial charge in [0.25, 0.3) is 0 Å². The van der Waals surface area contributed by atoms with Crippen LogP contribution in [0.5, 0.6) is 0 Å². The van der Waals surface area contributed by atoms with Crippen LogP contribution >= 0.6 is 23.5 Å².